The van der Waals surface area contributed by atoms with Crippen molar-refractivity contribution in [3.05, 3.63) is 53.4 Å². The molecule has 1 atom stereocenters. The van der Waals surface area contributed by atoms with Gasteiger partial charge in [-0.2, -0.15) is 0 Å². The van der Waals surface area contributed by atoms with E-state index in [1.807, 2.05) is 47.8 Å². The maximum Gasteiger partial charge on any atom is 0.324 e. The van der Waals surface area contributed by atoms with E-state index in [-0.39, 0.29) is 5.97 Å². The van der Waals surface area contributed by atoms with Crippen molar-refractivity contribution in [3.63, 3.8) is 0 Å². The van der Waals surface area contributed by atoms with Crippen molar-refractivity contribution in [2.75, 3.05) is 6.61 Å². The smallest absolute Gasteiger partial charge is 0.324 e. The molecule has 2 heterocycles. The summed E-state index contributed by atoms with van der Waals surface area (Å²) in [6.45, 7) is 2.14. The van der Waals surface area contributed by atoms with E-state index >= 15 is 0 Å². The molecule has 3 rings (SSSR count). The number of nitrogens with zero attached hydrogens (tertiary/aromatic N) is 2. The summed E-state index contributed by atoms with van der Waals surface area (Å²) < 4.78 is 5.19. The second-order valence-corrected chi connectivity index (χ2v) is 6.62. The lowest BCUT2D eigenvalue weighted by atomic mass is 10.1. The fourth-order valence-electron chi connectivity index (χ4n) is 2.03. The fraction of sp³-hybridized carbons (Fsp3) is 0.188. The van der Waals surface area contributed by atoms with E-state index in [4.69, 9.17) is 4.74 Å². The van der Waals surface area contributed by atoms with Crippen molar-refractivity contribution in [1.82, 2.24) is 15.2 Å². The standard InChI is InChI=1S/C16H15N3O2S2/c1-2-21-15(20)13(11-7-4-3-5-8-11)23-16-17-14(18-19-16)12-9-6-10-22-12/h3-10,13H,2H2,1H3,(H,17,18,19)/t13-/m0/s1. The highest BCUT2D eigenvalue weighted by atomic mass is 32.2. The van der Waals surface area contributed by atoms with Gasteiger partial charge in [-0.25, -0.2) is 4.98 Å². The fourth-order valence-corrected chi connectivity index (χ4v) is 3.60. The van der Waals surface area contributed by atoms with Crippen LogP contribution in [0.3, 0.4) is 0 Å². The molecule has 0 radical (unpaired) electrons. The number of aromatic nitrogens is 3. The summed E-state index contributed by atoms with van der Waals surface area (Å²) in [5.41, 5.74) is 0.874. The minimum Gasteiger partial charge on any atom is -0.465 e. The van der Waals surface area contributed by atoms with Gasteiger partial charge in [0.05, 0.1) is 11.5 Å². The lowest BCUT2D eigenvalue weighted by Crippen LogP contribution is -2.13. The van der Waals surface area contributed by atoms with Gasteiger partial charge in [0.1, 0.15) is 5.25 Å². The number of thiophene rings is 1. The normalized spacial score (nSPS) is 12.0. The molecule has 0 amide bonds. The first-order valence-corrected chi connectivity index (χ1v) is 8.88. The molecule has 1 N–H and O–H groups in total. The van der Waals surface area contributed by atoms with Gasteiger partial charge in [-0.05, 0) is 23.9 Å². The molecule has 0 aliphatic heterocycles. The minimum absolute atomic E-state index is 0.286. The first-order chi connectivity index (χ1) is 11.3. The van der Waals surface area contributed by atoms with E-state index in [9.17, 15) is 4.79 Å². The Kier molecular flexibility index (Phi) is 5.09. The van der Waals surface area contributed by atoms with Crippen LogP contribution in [0.15, 0.2) is 53.0 Å². The van der Waals surface area contributed by atoms with Gasteiger partial charge in [-0.3, -0.25) is 9.89 Å². The van der Waals surface area contributed by atoms with Gasteiger partial charge in [0.25, 0.3) is 0 Å². The van der Waals surface area contributed by atoms with E-state index in [0.717, 1.165) is 10.4 Å². The van der Waals surface area contributed by atoms with Crippen molar-refractivity contribution in [2.24, 2.45) is 0 Å². The Morgan fingerprint density at radius 1 is 1.30 bits per heavy atom. The summed E-state index contributed by atoms with van der Waals surface area (Å²) in [5.74, 6) is 0.421. The molecule has 5 nitrogen and oxygen atoms in total. The number of aromatic amines is 1. The Balaban J connectivity index is 1.82. The topological polar surface area (TPSA) is 67.9 Å². The van der Waals surface area contributed by atoms with Crippen LogP contribution in [0.25, 0.3) is 10.7 Å². The molecular weight excluding hydrogens is 330 g/mol. The molecule has 0 saturated heterocycles. The maximum atomic E-state index is 12.3. The van der Waals surface area contributed by atoms with E-state index in [0.29, 0.717) is 17.6 Å². The van der Waals surface area contributed by atoms with Crippen LogP contribution in [0.1, 0.15) is 17.7 Å². The molecule has 0 fully saturated rings. The Hall–Kier alpha value is -2.12. The number of rotatable bonds is 6. The Morgan fingerprint density at radius 2 is 2.13 bits per heavy atom. The number of hydrogen-bond donors (Lipinski definition) is 1. The predicted molar refractivity (Wildman–Crippen MR) is 91.4 cm³/mol. The van der Waals surface area contributed by atoms with Crippen LogP contribution < -0.4 is 0 Å². The first kappa shape index (κ1) is 15.8. The van der Waals surface area contributed by atoms with Crippen LogP contribution in [0.4, 0.5) is 0 Å². The number of thioether (sulfide) groups is 1. The lowest BCUT2D eigenvalue weighted by molar-refractivity contribution is -0.142. The van der Waals surface area contributed by atoms with Crippen LogP contribution in [0.2, 0.25) is 0 Å². The highest BCUT2D eigenvalue weighted by Crippen LogP contribution is 2.35. The summed E-state index contributed by atoms with van der Waals surface area (Å²) in [7, 11) is 0. The molecule has 0 bridgehead atoms. The molecule has 118 valence electrons. The SMILES string of the molecule is CCOC(=O)[C@@H](Sc1n[nH]c(-c2cccs2)n1)c1ccccc1. The molecule has 3 aromatic rings. The average Bonchev–Trinajstić information content (AvgIpc) is 3.25. The summed E-state index contributed by atoms with van der Waals surface area (Å²) >= 11 is 2.87. The van der Waals surface area contributed by atoms with Gasteiger partial charge < -0.3 is 4.74 Å². The average molecular weight is 345 g/mol. The summed E-state index contributed by atoms with van der Waals surface area (Å²) in [5, 5.41) is 9.14. The van der Waals surface area contributed by atoms with Gasteiger partial charge in [-0.15, -0.1) is 16.4 Å². The third kappa shape index (κ3) is 3.80. The molecule has 0 saturated carbocycles. The molecule has 7 heteroatoms. The zero-order chi connectivity index (χ0) is 16.1. The number of carbonyl (C=O) groups is 1. The summed E-state index contributed by atoms with van der Waals surface area (Å²) in [6, 6.07) is 13.5. The highest BCUT2D eigenvalue weighted by molar-refractivity contribution is 8.00. The predicted octanol–water partition coefficient (Wildman–Crippen LogP) is 3.93. The van der Waals surface area contributed by atoms with E-state index in [1.165, 1.54) is 11.8 Å². The van der Waals surface area contributed by atoms with Crippen LogP contribution in [0, 0.1) is 0 Å². The number of nitrogens with one attached hydrogen (secondary N) is 1. The minimum atomic E-state index is -0.483. The van der Waals surface area contributed by atoms with Crippen LogP contribution in [-0.4, -0.2) is 27.8 Å². The van der Waals surface area contributed by atoms with Gasteiger partial charge >= 0.3 is 5.97 Å². The number of hydrogen-bond acceptors (Lipinski definition) is 6. The lowest BCUT2D eigenvalue weighted by Gasteiger charge is -2.13. The highest BCUT2D eigenvalue weighted by Gasteiger charge is 2.25. The van der Waals surface area contributed by atoms with Crippen molar-refractivity contribution >= 4 is 29.1 Å². The molecule has 23 heavy (non-hydrogen) atoms. The van der Waals surface area contributed by atoms with Crippen molar-refractivity contribution < 1.29 is 9.53 Å². The van der Waals surface area contributed by atoms with Crippen molar-refractivity contribution in [3.8, 4) is 10.7 Å². The van der Waals surface area contributed by atoms with Crippen LogP contribution in [0.5, 0.6) is 0 Å². The zero-order valence-corrected chi connectivity index (χ0v) is 14.1. The monoisotopic (exact) mass is 345 g/mol. The summed E-state index contributed by atoms with van der Waals surface area (Å²) in [6.07, 6.45) is 0. The zero-order valence-electron chi connectivity index (χ0n) is 12.4. The third-order valence-electron chi connectivity index (χ3n) is 3.05. The number of carbonyl (C=O) groups excluding carboxylic acids is 1. The number of H-pyrrole nitrogens is 1. The van der Waals surface area contributed by atoms with Crippen molar-refractivity contribution in [1.29, 1.82) is 0 Å². The Bertz CT molecular complexity index is 757. The van der Waals surface area contributed by atoms with Crippen LogP contribution in [-0.2, 0) is 9.53 Å². The number of benzene rings is 1. The van der Waals surface area contributed by atoms with Gasteiger partial charge in [0.2, 0.25) is 5.16 Å². The number of ether oxygens (including phenoxy) is 1. The second kappa shape index (κ2) is 7.43. The summed E-state index contributed by atoms with van der Waals surface area (Å²) in [4.78, 5) is 17.7. The van der Waals surface area contributed by atoms with Gasteiger partial charge in [0.15, 0.2) is 5.82 Å². The van der Waals surface area contributed by atoms with Gasteiger partial charge in [0, 0.05) is 0 Å². The Morgan fingerprint density at radius 3 is 2.83 bits per heavy atom. The second-order valence-electron chi connectivity index (χ2n) is 4.60. The Labute approximate surface area is 142 Å². The molecule has 0 aliphatic rings. The first-order valence-electron chi connectivity index (χ1n) is 7.12. The molecule has 0 aliphatic carbocycles. The molecule has 2 aromatic heterocycles. The van der Waals surface area contributed by atoms with Gasteiger partial charge in [-0.1, -0.05) is 48.2 Å². The third-order valence-corrected chi connectivity index (χ3v) is 5.02. The van der Waals surface area contributed by atoms with E-state index in [2.05, 4.69) is 15.2 Å². The number of esters is 1. The largest absolute Gasteiger partial charge is 0.465 e. The molecule has 0 spiro atoms. The van der Waals surface area contributed by atoms with E-state index < -0.39 is 5.25 Å². The molecule has 1 aromatic carbocycles. The maximum absolute atomic E-state index is 12.3. The molecule has 0 unspecified atom stereocenters. The van der Waals surface area contributed by atoms with E-state index in [1.54, 1.807) is 18.3 Å². The molecular formula is C16H15N3O2S2. The quantitative estimate of drug-likeness (QED) is 0.541. The van der Waals surface area contributed by atoms with Crippen LogP contribution >= 0.6 is 23.1 Å². The van der Waals surface area contributed by atoms with Crippen molar-refractivity contribution in [2.45, 2.75) is 17.3 Å².